The Balaban J connectivity index is 1.98. The normalized spacial score (nSPS) is 22.9. The van der Waals surface area contributed by atoms with Crippen LogP contribution in [-0.2, 0) is 15.5 Å². The molecular formula is C11H13FO2S. The third kappa shape index (κ3) is 2.86. The van der Waals surface area contributed by atoms with Gasteiger partial charge in [0, 0.05) is 11.5 Å². The Bertz CT molecular complexity index is 344. The maximum atomic E-state index is 12.6. The zero-order valence-electron chi connectivity index (χ0n) is 8.32. The summed E-state index contributed by atoms with van der Waals surface area (Å²) < 4.78 is 29.9. The van der Waals surface area contributed by atoms with Gasteiger partial charge in [0.05, 0.1) is 22.7 Å². The zero-order chi connectivity index (χ0) is 10.7. The second kappa shape index (κ2) is 4.86. The smallest absolute Gasteiger partial charge is 0.123 e. The van der Waals surface area contributed by atoms with E-state index in [-0.39, 0.29) is 11.9 Å². The predicted octanol–water partition coefficient (Wildman–Crippen LogP) is 2.11. The molecule has 0 radical (unpaired) electrons. The van der Waals surface area contributed by atoms with E-state index in [0.717, 1.165) is 19.4 Å². The van der Waals surface area contributed by atoms with Crippen LogP contribution in [0.15, 0.2) is 29.2 Å². The third-order valence-electron chi connectivity index (χ3n) is 2.44. The molecule has 0 aliphatic carbocycles. The Morgan fingerprint density at radius 2 is 2.13 bits per heavy atom. The first kappa shape index (κ1) is 10.8. The van der Waals surface area contributed by atoms with Crippen LogP contribution in [0.5, 0.6) is 0 Å². The molecule has 1 saturated heterocycles. The lowest BCUT2D eigenvalue weighted by molar-refractivity contribution is 0.128. The summed E-state index contributed by atoms with van der Waals surface area (Å²) >= 11 is 0. The second-order valence-electron chi connectivity index (χ2n) is 3.60. The van der Waals surface area contributed by atoms with E-state index < -0.39 is 10.8 Å². The van der Waals surface area contributed by atoms with Crippen molar-refractivity contribution < 1.29 is 13.3 Å². The highest BCUT2D eigenvalue weighted by Gasteiger charge is 2.18. The lowest BCUT2D eigenvalue weighted by Crippen LogP contribution is -2.15. The second-order valence-corrected chi connectivity index (χ2v) is 5.10. The van der Waals surface area contributed by atoms with Gasteiger partial charge in [0.2, 0.25) is 0 Å². The Morgan fingerprint density at radius 1 is 1.40 bits per heavy atom. The molecule has 1 aliphatic heterocycles. The van der Waals surface area contributed by atoms with Gasteiger partial charge in [-0.1, -0.05) is 0 Å². The van der Waals surface area contributed by atoms with Crippen LogP contribution >= 0.6 is 0 Å². The number of ether oxygens (including phenoxy) is 1. The third-order valence-corrected chi connectivity index (χ3v) is 3.91. The minimum atomic E-state index is -1.07. The van der Waals surface area contributed by atoms with E-state index in [9.17, 15) is 8.60 Å². The van der Waals surface area contributed by atoms with E-state index in [4.69, 9.17) is 4.74 Å². The van der Waals surface area contributed by atoms with Gasteiger partial charge in [-0.3, -0.25) is 4.21 Å². The van der Waals surface area contributed by atoms with E-state index in [0.29, 0.717) is 10.6 Å². The van der Waals surface area contributed by atoms with Crippen molar-refractivity contribution in [3.63, 3.8) is 0 Å². The van der Waals surface area contributed by atoms with Crippen molar-refractivity contribution >= 4 is 10.8 Å². The fourth-order valence-electron chi connectivity index (χ4n) is 1.63. The highest BCUT2D eigenvalue weighted by molar-refractivity contribution is 7.85. The van der Waals surface area contributed by atoms with Gasteiger partial charge in [-0.25, -0.2) is 4.39 Å². The summed E-state index contributed by atoms with van der Waals surface area (Å²) in [7, 11) is -1.07. The molecule has 4 heteroatoms. The minimum absolute atomic E-state index is 0.107. The average Bonchev–Trinajstić information content (AvgIpc) is 2.71. The lowest BCUT2D eigenvalue weighted by atomic mass is 10.3. The van der Waals surface area contributed by atoms with Crippen molar-refractivity contribution in [3.8, 4) is 0 Å². The van der Waals surface area contributed by atoms with Crippen molar-refractivity contribution in [2.75, 3.05) is 12.4 Å². The monoisotopic (exact) mass is 228 g/mol. The molecule has 0 saturated carbocycles. The van der Waals surface area contributed by atoms with Crippen LogP contribution in [0.2, 0.25) is 0 Å². The molecule has 0 bridgehead atoms. The van der Waals surface area contributed by atoms with Crippen LogP contribution < -0.4 is 0 Å². The fourth-order valence-corrected chi connectivity index (χ4v) is 2.86. The molecule has 0 N–H and O–H groups in total. The summed E-state index contributed by atoms with van der Waals surface area (Å²) in [5, 5.41) is 0. The van der Waals surface area contributed by atoms with Gasteiger partial charge >= 0.3 is 0 Å². The van der Waals surface area contributed by atoms with Crippen molar-refractivity contribution in [2.24, 2.45) is 0 Å². The van der Waals surface area contributed by atoms with Gasteiger partial charge in [-0.05, 0) is 37.1 Å². The number of benzene rings is 1. The number of halogens is 1. The Hall–Kier alpha value is -0.740. The van der Waals surface area contributed by atoms with Crippen molar-refractivity contribution in [3.05, 3.63) is 30.1 Å². The molecule has 82 valence electrons. The molecule has 1 fully saturated rings. The van der Waals surface area contributed by atoms with E-state index in [1.54, 1.807) is 12.1 Å². The topological polar surface area (TPSA) is 26.3 Å². The van der Waals surface area contributed by atoms with Crippen molar-refractivity contribution in [2.45, 2.75) is 23.8 Å². The molecule has 1 aromatic rings. The molecule has 0 amide bonds. The molecule has 1 aromatic carbocycles. The van der Waals surface area contributed by atoms with Crippen LogP contribution in [-0.4, -0.2) is 22.7 Å². The van der Waals surface area contributed by atoms with Gasteiger partial charge in [0.15, 0.2) is 0 Å². The summed E-state index contributed by atoms with van der Waals surface area (Å²) in [5.41, 5.74) is 0. The fraction of sp³-hybridized carbons (Fsp3) is 0.455. The highest BCUT2D eigenvalue weighted by Crippen LogP contribution is 2.16. The molecule has 1 heterocycles. The molecule has 15 heavy (non-hydrogen) atoms. The molecule has 1 aliphatic rings. The van der Waals surface area contributed by atoms with Crippen molar-refractivity contribution in [1.82, 2.24) is 0 Å². The van der Waals surface area contributed by atoms with Crippen LogP contribution in [0, 0.1) is 5.82 Å². The average molecular weight is 228 g/mol. The predicted molar refractivity (Wildman–Crippen MR) is 56.6 cm³/mol. The first-order valence-corrected chi connectivity index (χ1v) is 6.33. The van der Waals surface area contributed by atoms with Gasteiger partial charge in [0.1, 0.15) is 5.82 Å². The van der Waals surface area contributed by atoms with Crippen molar-refractivity contribution in [1.29, 1.82) is 0 Å². The highest BCUT2D eigenvalue weighted by atomic mass is 32.2. The minimum Gasteiger partial charge on any atom is -0.377 e. The van der Waals surface area contributed by atoms with E-state index in [1.165, 1.54) is 12.1 Å². The van der Waals surface area contributed by atoms with E-state index >= 15 is 0 Å². The molecule has 2 unspecified atom stereocenters. The SMILES string of the molecule is O=S(CC1CCCO1)c1ccc(F)cc1. The Morgan fingerprint density at radius 3 is 2.73 bits per heavy atom. The van der Waals surface area contributed by atoms with Crippen LogP contribution in [0.1, 0.15) is 12.8 Å². The Kier molecular flexibility index (Phi) is 3.49. The van der Waals surface area contributed by atoms with Gasteiger partial charge in [0.25, 0.3) is 0 Å². The summed E-state index contributed by atoms with van der Waals surface area (Å²) in [6.07, 6.45) is 2.13. The van der Waals surface area contributed by atoms with Crippen LogP contribution in [0.25, 0.3) is 0 Å². The molecule has 2 rings (SSSR count). The number of hydrogen-bond donors (Lipinski definition) is 0. The maximum Gasteiger partial charge on any atom is 0.123 e. The number of rotatable bonds is 3. The molecule has 2 nitrogen and oxygen atoms in total. The summed E-state index contributed by atoms with van der Waals surface area (Å²) in [5.74, 6) is 0.221. The lowest BCUT2D eigenvalue weighted by Gasteiger charge is -2.08. The number of hydrogen-bond acceptors (Lipinski definition) is 2. The largest absolute Gasteiger partial charge is 0.377 e. The molecular weight excluding hydrogens is 215 g/mol. The van der Waals surface area contributed by atoms with Crippen LogP contribution in [0.3, 0.4) is 0 Å². The molecule has 2 atom stereocenters. The first-order valence-electron chi connectivity index (χ1n) is 5.01. The molecule has 0 aromatic heterocycles. The summed E-state index contributed by atoms with van der Waals surface area (Å²) in [6, 6.07) is 5.81. The Labute approximate surface area is 90.9 Å². The van der Waals surface area contributed by atoms with Gasteiger partial charge in [-0.15, -0.1) is 0 Å². The summed E-state index contributed by atoms with van der Waals surface area (Å²) in [4.78, 5) is 0.673. The first-order chi connectivity index (χ1) is 7.25. The van der Waals surface area contributed by atoms with Gasteiger partial charge in [-0.2, -0.15) is 0 Å². The summed E-state index contributed by atoms with van der Waals surface area (Å²) in [6.45, 7) is 0.769. The quantitative estimate of drug-likeness (QED) is 0.792. The molecule has 0 spiro atoms. The van der Waals surface area contributed by atoms with Gasteiger partial charge < -0.3 is 4.74 Å². The zero-order valence-corrected chi connectivity index (χ0v) is 9.13. The van der Waals surface area contributed by atoms with Crippen LogP contribution in [0.4, 0.5) is 4.39 Å². The standard InChI is InChI=1S/C11H13FO2S/c12-9-3-5-11(6-4-9)15(13)8-10-2-1-7-14-10/h3-6,10H,1-2,7-8H2. The van der Waals surface area contributed by atoms with E-state index in [1.807, 2.05) is 0 Å². The maximum absolute atomic E-state index is 12.6. The van der Waals surface area contributed by atoms with E-state index in [2.05, 4.69) is 0 Å².